The largest absolute Gasteiger partial charge is 0.361 e. The normalized spacial score (nSPS) is 19.4. The molecular weight excluding hydrogens is 228 g/mol. The first kappa shape index (κ1) is 13.3. The number of hydrogen-bond acceptors (Lipinski definition) is 4. The van der Waals surface area contributed by atoms with Gasteiger partial charge in [-0.25, -0.2) is 0 Å². The van der Waals surface area contributed by atoms with Gasteiger partial charge in [-0.05, 0) is 31.7 Å². The van der Waals surface area contributed by atoms with Gasteiger partial charge in [-0.15, -0.1) is 0 Å². The summed E-state index contributed by atoms with van der Waals surface area (Å²) >= 11 is 0. The molecule has 0 radical (unpaired) electrons. The van der Waals surface area contributed by atoms with E-state index in [2.05, 4.69) is 41.4 Å². The molecule has 1 saturated heterocycles. The van der Waals surface area contributed by atoms with Crippen molar-refractivity contribution < 1.29 is 9.47 Å². The summed E-state index contributed by atoms with van der Waals surface area (Å²) in [5.41, 5.74) is 2.51. The topological polar surface area (TPSA) is 33.7 Å². The van der Waals surface area contributed by atoms with Crippen LogP contribution in [0.2, 0.25) is 0 Å². The highest BCUT2D eigenvalue weighted by Crippen LogP contribution is 2.31. The fourth-order valence-electron chi connectivity index (χ4n) is 2.20. The number of ether oxygens (including phenoxy) is 2. The zero-order valence-electron chi connectivity index (χ0n) is 11.6. The first-order chi connectivity index (χ1) is 8.64. The minimum atomic E-state index is -0.420. The fourth-order valence-corrected chi connectivity index (χ4v) is 2.20. The molecule has 0 spiro atoms. The van der Waals surface area contributed by atoms with Gasteiger partial charge in [0.25, 0.3) is 0 Å². The quantitative estimate of drug-likeness (QED) is 0.808. The van der Waals surface area contributed by atoms with E-state index in [1.807, 2.05) is 7.05 Å². The molecule has 1 aromatic rings. The maximum Gasteiger partial charge on any atom is 0.203 e. The first-order valence-electron chi connectivity index (χ1n) is 6.26. The number of nitrogens with one attached hydrogen (secondary N) is 1. The predicted octanol–water partition coefficient (Wildman–Crippen LogP) is 1.78. The summed E-state index contributed by atoms with van der Waals surface area (Å²) < 4.78 is 10.8. The molecule has 0 bridgehead atoms. The lowest BCUT2D eigenvalue weighted by Gasteiger charge is -2.48. The van der Waals surface area contributed by atoms with Gasteiger partial charge in [0, 0.05) is 25.9 Å². The number of nitrogens with zero attached hydrogens (tertiary/aromatic N) is 1. The Labute approximate surface area is 109 Å². The average molecular weight is 250 g/mol. The van der Waals surface area contributed by atoms with Crippen LogP contribution in [0, 0.1) is 0 Å². The Morgan fingerprint density at radius 1 is 1.17 bits per heavy atom. The molecule has 2 rings (SSSR count). The molecule has 0 aromatic heterocycles. The van der Waals surface area contributed by atoms with Crippen molar-refractivity contribution in [3.8, 4) is 0 Å². The van der Waals surface area contributed by atoms with E-state index in [-0.39, 0.29) is 0 Å². The molecule has 0 amide bonds. The van der Waals surface area contributed by atoms with Crippen LogP contribution in [0.15, 0.2) is 24.3 Å². The Kier molecular flexibility index (Phi) is 3.90. The van der Waals surface area contributed by atoms with Crippen LogP contribution < -0.4 is 10.2 Å². The first-order valence-corrected chi connectivity index (χ1v) is 6.26. The third-order valence-corrected chi connectivity index (χ3v) is 3.80. The van der Waals surface area contributed by atoms with E-state index in [9.17, 15) is 0 Å². The minimum Gasteiger partial charge on any atom is -0.361 e. The van der Waals surface area contributed by atoms with Gasteiger partial charge in [0.05, 0.1) is 13.1 Å². The van der Waals surface area contributed by atoms with Gasteiger partial charge < -0.3 is 19.7 Å². The van der Waals surface area contributed by atoms with Gasteiger partial charge >= 0.3 is 0 Å². The standard InChI is InChI=1S/C14H22N2O2/c1-11(15-2)12-5-7-13(8-6-12)16-9-14(10-16,17-3)18-4/h5-8,11,15H,9-10H2,1-4H3. The van der Waals surface area contributed by atoms with Crippen LogP contribution >= 0.6 is 0 Å². The lowest BCUT2D eigenvalue weighted by atomic mass is 10.0. The Morgan fingerprint density at radius 2 is 1.72 bits per heavy atom. The Hall–Kier alpha value is -1.10. The number of methoxy groups -OCH3 is 2. The molecule has 1 N–H and O–H groups in total. The van der Waals surface area contributed by atoms with E-state index >= 15 is 0 Å². The highest BCUT2D eigenvalue weighted by Gasteiger charge is 2.43. The molecule has 0 aliphatic carbocycles. The van der Waals surface area contributed by atoms with E-state index < -0.39 is 5.79 Å². The Balaban J connectivity index is 2.00. The molecule has 1 aromatic carbocycles. The van der Waals surface area contributed by atoms with E-state index in [0.29, 0.717) is 6.04 Å². The maximum atomic E-state index is 5.38. The van der Waals surface area contributed by atoms with Gasteiger partial charge in [0.15, 0.2) is 0 Å². The van der Waals surface area contributed by atoms with Crippen molar-refractivity contribution in [3.63, 3.8) is 0 Å². The molecule has 1 heterocycles. The van der Waals surface area contributed by atoms with Crippen molar-refractivity contribution in [3.05, 3.63) is 29.8 Å². The minimum absolute atomic E-state index is 0.382. The van der Waals surface area contributed by atoms with Crippen LogP contribution in [-0.2, 0) is 9.47 Å². The van der Waals surface area contributed by atoms with Gasteiger partial charge in [-0.1, -0.05) is 12.1 Å². The number of hydrogen-bond donors (Lipinski definition) is 1. The third-order valence-electron chi connectivity index (χ3n) is 3.80. The fraction of sp³-hybridized carbons (Fsp3) is 0.571. The highest BCUT2D eigenvalue weighted by molar-refractivity contribution is 5.51. The summed E-state index contributed by atoms with van der Waals surface area (Å²) in [6, 6.07) is 9.01. The summed E-state index contributed by atoms with van der Waals surface area (Å²) in [6.45, 7) is 3.71. The lowest BCUT2D eigenvalue weighted by molar-refractivity contribution is -0.219. The summed E-state index contributed by atoms with van der Waals surface area (Å²) in [5, 5.41) is 3.24. The molecule has 1 fully saturated rings. The predicted molar refractivity (Wildman–Crippen MR) is 72.9 cm³/mol. The van der Waals surface area contributed by atoms with Crippen molar-refractivity contribution in [2.45, 2.75) is 18.8 Å². The Morgan fingerprint density at radius 3 is 2.17 bits per heavy atom. The second-order valence-electron chi connectivity index (χ2n) is 4.78. The van der Waals surface area contributed by atoms with Gasteiger partial charge in [-0.3, -0.25) is 0 Å². The summed E-state index contributed by atoms with van der Waals surface area (Å²) in [4.78, 5) is 2.25. The second-order valence-corrected chi connectivity index (χ2v) is 4.78. The van der Waals surface area contributed by atoms with Crippen molar-refractivity contribution in [1.29, 1.82) is 0 Å². The van der Waals surface area contributed by atoms with Crippen LogP contribution in [-0.4, -0.2) is 40.1 Å². The zero-order valence-corrected chi connectivity index (χ0v) is 11.6. The Bertz CT molecular complexity index is 379. The molecule has 4 heteroatoms. The third kappa shape index (κ3) is 2.36. The van der Waals surface area contributed by atoms with Gasteiger partial charge in [0.2, 0.25) is 5.79 Å². The molecule has 18 heavy (non-hydrogen) atoms. The molecule has 100 valence electrons. The second kappa shape index (κ2) is 5.26. The van der Waals surface area contributed by atoms with E-state index in [1.165, 1.54) is 11.3 Å². The summed E-state index contributed by atoms with van der Waals surface area (Å²) in [5.74, 6) is -0.420. The SMILES string of the molecule is CNC(C)c1ccc(N2CC(OC)(OC)C2)cc1. The smallest absolute Gasteiger partial charge is 0.203 e. The van der Waals surface area contributed by atoms with Crippen LogP contribution in [0.3, 0.4) is 0 Å². The van der Waals surface area contributed by atoms with Crippen molar-refractivity contribution in [2.24, 2.45) is 0 Å². The number of rotatable bonds is 5. The molecule has 1 atom stereocenters. The highest BCUT2D eigenvalue weighted by atomic mass is 16.7. The summed E-state index contributed by atoms with van der Waals surface area (Å²) in [6.07, 6.45) is 0. The van der Waals surface area contributed by atoms with E-state index in [1.54, 1.807) is 14.2 Å². The molecule has 1 unspecified atom stereocenters. The number of anilines is 1. The van der Waals surface area contributed by atoms with Crippen LogP contribution in [0.4, 0.5) is 5.69 Å². The molecule has 1 aliphatic heterocycles. The lowest BCUT2D eigenvalue weighted by Crippen LogP contribution is -2.64. The van der Waals surface area contributed by atoms with E-state index in [0.717, 1.165) is 13.1 Å². The van der Waals surface area contributed by atoms with Crippen molar-refractivity contribution in [2.75, 3.05) is 39.3 Å². The monoisotopic (exact) mass is 250 g/mol. The molecular formula is C14H22N2O2. The molecule has 1 aliphatic rings. The van der Waals surface area contributed by atoms with Crippen LogP contribution in [0.5, 0.6) is 0 Å². The zero-order chi connectivity index (χ0) is 13.2. The number of benzene rings is 1. The average Bonchev–Trinajstić information content (AvgIpc) is 2.38. The van der Waals surface area contributed by atoms with Crippen LogP contribution in [0.25, 0.3) is 0 Å². The van der Waals surface area contributed by atoms with Crippen molar-refractivity contribution in [1.82, 2.24) is 5.32 Å². The maximum absolute atomic E-state index is 5.38. The van der Waals surface area contributed by atoms with Gasteiger partial charge in [0.1, 0.15) is 0 Å². The van der Waals surface area contributed by atoms with Gasteiger partial charge in [-0.2, -0.15) is 0 Å². The molecule has 0 saturated carbocycles. The van der Waals surface area contributed by atoms with Crippen LogP contribution in [0.1, 0.15) is 18.5 Å². The summed E-state index contributed by atoms with van der Waals surface area (Å²) in [7, 11) is 5.36. The van der Waals surface area contributed by atoms with E-state index in [4.69, 9.17) is 9.47 Å². The molecule has 4 nitrogen and oxygen atoms in total. The van der Waals surface area contributed by atoms with Crippen molar-refractivity contribution >= 4 is 5.69 Å².